The van der Waals surface area contributed by atoms with Crippen LogP contribution in [0.2, 0.25) is 0 Å². The molecule has 1 heterocycles. The number of aromatic nitrogens is 2. The van der Waals surface area contributed by atoms with Gasteiger partial charge in [0.15, 0.2) is 5.96 Å². The zero-order chi connectivity index (χ0) is 18.8. The van der Waals surface area contributed by atoms with E-state index in [0.717, 1.165) is 63.1 Å². The Kier molecular flexibility index (Phi) is 8.37. The van der Waals surface area contributed by atoms with Crippen molar-refractivity contribution in [3.8, 4) is 0 Å². The summed E-state index contributed by atoms with van der Waals surface area (Å²) in [6.45, 7) is 7.37. The number of aliphatic imine (C=N–C) groups is 1. The Balaban J connectivity index is 1.72. The highest BCUT2D eigenvalue weighted by Crippen LogP contribution is 2.14. The van der Waals surface area contributed by atoms with Gasteiger partial charge in [0.2, 0.25) is 0 Å². The Bertz CT molecular complexity index is 696. The molecule has 1 aromatic heterocycles. The lowest BCUT2D eigenvalue weighted by molar-refractivity contribution is 0.180. The number of hydrogen-bond donors (Lipinski definition) is 2. The molecule has 0 amide bonds. The van der Waals surface area contributed by atoms with Gasteiger partial charge in [0.05, 0.1) is 11.0 Å². The first kappa shape index (κ1) is 20.2. The summed E-state index contributed by atoms with van der Waals surface area (Å²) in [5, 5.41) is 6.74. The molecular weight excluding hydrogens is 328 g/mol. The van der Waals surface area contributed by atoms with Gasteiger partial charge in [-0.3, -0.25) is 4.99 Å². The Morgan fingerprint density at radius 1 is 1.23 bits per heavy atom. The molecular formula is C19H32N6O. The van der Waals surface area contributed by atoms with Crippen molar-refractivity contribution in [2.24, 2.45) is 4.99 Å². The first-order chi connectivity index (χ1) is 12.7. The third-order valence-electron chi connectivity index (χ3n) is 4.37. The quantitative estimate of drug-likeness (QED) is 0.382. The maximum Gasteiger partial charge on any atom is 0.191 e. The van der Waals surface area contributed by atoms with Gasteiger partial charge in [-0.1, -0.05) is 12.1 Å². The van der Waals surface area contributed by atoms with Crippen LogP contribution in [0.3, 0.4) is 0 Å². The normalized spacial score (nSPS) is 12.1. The molecule has 0 atom stereocenters. The van der Waals surface area contributed by atoms with Crippen LogP contribution in [0.25, 0.3) is 11.0 Å². The highest BCUT2D eigenvalue weighted by molar-refractivity contribution is 5.79. The van der Waals surface area contributed by atoms with E-state index in [9.17, 15) is 0 Å². The van der Waals surface area contributed by atoms with Crippen LogP contribution in [0.4, 0.5) is 0 Å². The highest BCUT2D eigenvalue weighted by atomic mass is 16.5. The standard InChI is InChI=1S/C19H32N6O/c1-16-23-17-8-5-6-9-18(17)25(16)14-11-22-19(20-2)21-10-13-24(3)12-7-15-26-4/h5-6,8-9H,7,10-15H2,1-4H3,(H2,20,21,22). The van der Waals surface area contributed by atoms with Crippen LogP contribution in [0, 0.1) is 6.92 Å². The minimum absolute atomic E-state index is 0.796. The molecule has 0 radical (unpaired) electrons. The minimum atomic E-state index is 0.796. The molecule has 7 heteroatoms. The molecule has 0 spiro atoms. The van der Waals surface area contributed by atoms with Gasteiger partial charge in [0.1, 0.15) is 5.82 Å². The van der Waals surface area contributed by atoms with Gasteiger partial charge in [0.25, 0.3) is 0 Å². The smallest absolute Gasteiger partial charge is 0.191 e. The second kappa shape index (κ2) is 10.8. The van der Waals surface area contributed by atoms with E-state index in [0.29, 0.717) is 0 Å². The molecule has 2 rings (SSSR count). The summed E-state index contributed by atoms with van der Waals surface area (Å²) in [4.78, 5) is 11.2. The van der Waals surface area contributed by atoms with E-state index in [1.807, 2.05) is 13.0 Å². The van der Waals surface area contributed by atoms with E-state index in [2.05, 4.69) is 55.3 Å². The number of para-hydroxylation sites is 2. The van der Waals surface area contributed by atoms with Crippen molar-refractivity contribution < 1.29 is 4.74 Å². The molecule has 0 aliphatic carbocycles. The van der Waals surface area contributed by atoms with Gasteiger partial charge < -0.3 is 24.8 Å². The second-order valence-electron chi connectivity index (χ2n) is 6.37. The average Bonchev–Trinajstić information content (AvgIpc) is 2.96. The number of rotatable bonds is 10. The van der Waals surface area contributed by atoms with Gasteiger partial charge in [-0.25, -0.2) is 4.98 Å². The predicted octanol–water partition coefficient (Wildman–Crippen LogP) is 1.48. The third-order valence-corrected chi connectivity index (χ3v) is 4.37. The van der Waals surface area contributed by atoms with Crippen molar-refractivity contribution in [2.75, 3.05) is 54.0 Å². The maximum absolute atomic E-state index is 5.08. The molecule has 0 bridgehead atoms. The van der Waals surface area contributed by atoms with Gasteiger partial charge in [-0.05, 0) is 32.5 Å². The van der Waals surface area contributed by atoms with E-state index >= 15 is 0 Å². The minimum Gasteiger partial charge on any atom is -0.385 e. The van der Waals surface area contributed by atoms with Crippen molar-refractivity contribution in [2.45, 2.75) is 19.9 Å². The number of ether oxygens (including phenoxy) is 1. The first-order valence-electron chi connectivity index (χ1n) is 9.19. The predicted molar refractivity (Wildman–Crippen MR) is 108 cm³/mol. The number of likely N-dealkylation sites (N-methyl/N-ethyl adjacent to an activating group) is 1. The molecule has 144 valence electrons. The number of guanidine groups is 1. The molecule has 0 aliphatic heterocycles. The number of nitrogens with zero attached hydrogens (tertiary/aromatic N) is 4. The van der Waals surface area contributed by atoms with Crippen molar-refractivity contribution in [1.82, 2.24) is 25.1 Å². The molecule has 0 saturated heterocycles. The van der Waals surface area contributed by atoms with Crippen LogP contribution in [-0.4, -0.2) is 74.4 Å². The van der Waals surface area contributed by atoms with E-state index < -0.39 is 0 Å². The number of methoxy groups -OCH3 is 1. The molecule has 2 aromatic rings. The van der Waals surface area contributed by atoms with Crippen molar-refractivity contribution in [3.05, 3.63) is 30.1 Å². The molecule has 0 unspecified atom stereocenters. The summed E-state index contributed by atoms with van der Waals surface area (Å²) in [6.07, 6.45) is 1.05. The Morgan fingerprint density at radius 2 is 2.00 bits per heavy atom. The second-order valence-corrected chi connectivity index (χ2v) is 6.37. The van der Waals surface area contributed by atoms with E-state index in [1.54, 1.807) is 14.2 Å². The monoisotopic (exact) mass is 360 g/mol. The molecule has 2 N–H and O–H groups in total. The number of nitrogens with one attached hydrogen (secondary N) is 2. The lowest BCUT2D eigenvalue weighted by atomic mass is 10.3. The van der Waals surface area contributed by atoms with Crippen LogP contribution in [-0.2, 0) is 11.3 Å². The SMILES string of the molecule is CN=C(NCCN(C)CCCOC)NCCn1c(C)nc2ccccc21. The summed E-state index contributed by atoms with van der Waals surface area (Å²) in [7, 11) is 5.67. The number of fused-ring (bicyclic) bond motifs is 1. The first-order valence-corrected chi connectivity index (χ1v) is 9.19. The summed E-state index contributed by atoms with van der Waals surface area (Å²) in [5.41, 5.74) is 2.22. The molecule has 1 aromatic carbocycles. The fourth-order valence-electron chi connectivity index (χ4n) is 2.94. The number of imidazole rings is 1. The molecule has 0 fully saturated rings. The lowest BCUT2D eigenvalue weighted by Gasteiger charge is -2.18. The van der Waals surface area contributed by atoms with Crippen molar-refractivity contribution >= 4 is 17.0 Å². The zero-order valence-electron chi connectivity index (χ0n) is 16.5. The van der Waals surface area contributed by atoms with Crippen LogP contribution in [0.1, 0.15) is 12.2 Å². The van der Waals surface area contributed by atoms with Crippen molar-refractivity contribution in [3.63, 3.8) is 0 Å². The summed E-state index contributed by atoms with van der Waals surface area (Å²) < 4.78 is 7.32. The van der Waals surface area contributed by atoms with Crippen LogP contribution in [0.15, 0.2) is 29.3 Å². The number of hydrogen-bond acceptors (Lipinski definition) is 4. The van der Waals surface area contributed by atoms with Gasteiger partial charge >= 0.3 is 0 Å². The van der Waals surface area contributed by atoms with Crippen LogP contribution >= 0.6 is 0 Å². The number of aryl methyl sites for hydroxylation is 1. The van der Waals surface area contributed by atoms with Crippen molar-refractivity contribution in [1.29, 1.82) is 0 Å². The average molecular weight is 361 g/mol. The fraction of sp³-hybridized carbons (Fsp3) is 0.579. The summed E-state index contributed by atoms with van der Waals surface area (Å²) in [6, 6.07) is 8.24. The Labute approximate surface area is 156 Å². The topological polar surface area (TPSA) is 66.7 Å². The number of benzene rings is 1. The van der Waals surface area contributed by atoms with Crippen LogP contribution in [0.5, 0.6) is 0 Å². The molecule has 7 nitrogen and oxygen atoms in total. The van der Waals surface area contributed by atoms with Gasteiger partial charge in [-0.15, -0.1) is 0 Å². The van der Waals surface area contributed by atoms with Gasteiger partial charge in [-0.2, -0.15) is 0 Å². The van der Waals surface area contributed by atoms with Gasteiger partial charge in [0, 0.05) is 53.5 Å². The van der Waals surface area contributed by atoms with Crippen LogP contribution < -0.4 is 10.6 Å². The Morgan fingerprint density at radius 3 is 2.77 bits per heavy atom. The molecule has 26 heavy (non-hydrogen) atoms. The summed E-state index contributed by atoms with van der Waals surface area (Å²) in [5.74, 6) is 1.87. The van der Waals surface area contributed by atoms with E-state index in [-0.39, 0.29) is 0 Å². The molecule has 0 saturated carbocycles. The Hall–Kier alpha value is -2.12. The van der Waals surface area contributed by atoms with E-state index in [1.165, 1.54) is 5.52 Å². The molecule has 0 aliphatic rings. The lowest BCUT2D eigenvalue weighted by Crippen LogP contribution is -2.42. The summed E-state index contributed by atoms with van der Waals surface area (Å²) >= 11 is 0. The zero-order valence-corrected chi connectivity index (χ0v) is 16.5. The highest BCUT2D eigenvalue weighted by Gasteiger charge is 2.06. The van der Waals surface area contributed by atoms with E-state index in [4.69, 9.17) is 4.74 Å². The third kappa shape index (κ3) is 6.00. The largest absolute Gasteiger partial charge is 0.385 e. The fourth-order valence-corrected chi connectivity index (χ4v) is 2.94. The maximum atomic E-state index is 5.08.